The first-order valence-corrected chi connectivity index (χ1v) is 17.6. The molecule has 0 aliphatic heterocycles. The fourth-order valence-corrected chi connectivity index (χ4v) is 13.4. The Morgan fingerprint density at radius 1 is 0.750 bits per heavy atom. The van der Waals surface area contributed by atoms with Crippen molar-refractivity contribution in [3.8, 4) is 0 Å². The van der Waals surface area contributed by atoms with Gasteiger partial charge in [-0.05, 0) is 55.5 Å². The zero-order valence-corrected chi connectivity index (χ0v) is 28.2. The van der Waals surface area contributed by atoms with Crippen LogP contribution in [0.25, 0.3) is 0 Å². The van der Waals surface area contributed by atoms with Gasteiger partial charge in [-0.15, -0.1) is 0 Å². The molecule has 2 nitrogen and oxygen atoms in total. The van der Waals surface area contributed by atoms with Crippen LogP contribution in [0, 0.1) is 9.43 Å². The molecule has 36 heavy (non-hydrogen) atoms. The van der Waals surface area contributed by atoms with Crippen molar-refractivity contribution < 1.29 is 41.0 Å². The fourth-order valence-electron chi connectivity index (χ4n) is 5.97. The van der Waals surface area contributed by atoms with Gasteiger partial charge in [-0.2, -0.15) is 0 Å². The maximum atomic E-state index is 3.54. The minimum atomic E-state index is 0. The second-order valence-corrected chi connectivity index (χ2v) is 17.3. The topological polar surface area (TPSA) is 9.86 Å². The number of rotatable bonds is 5. The summed E-state index contributed by atoms with van der Waals surface area (Å²) in [5.41, 5.74) is 3.86. The molecule has 0 amide bonds. The number of hydrogen-bond donors (Lipinski definition) is 0. The number of allylic oxidation sites excluding steroid dienone is 1. The van der Waals surface area contributed by atoms with Crippen LogP contribution in [-0.4, -0.2) is 30.4 Å². The van der Waals surface area contributed by atoms with E-state index in [0.717, 1.165) is 0 Å². The Morgan fingerprint density at radius 2 is 1.08 bits per heavy atom. The predicted molar refractivity (Wildman–Crippen MR) is 149 cm³/mol. The maximum absolute atomic E-state index is 3.54. The van der Waals surface area contributed by atoms with Crippen LogP contribution < -0.4 is 24.8 Å². The van der Waals surface area contributed by atoms with Gasteiger partial charge < -0.3 is 24.8 Å². The molecule has 0 N–H and O–H groups in total. The van der Waals surface area contributed by atoms with Gasteiger partial charge in [-0.3, -0.25) is 0 Å². The zero-order chi connectivity index (χ0) is 24.7. The first-order valence-electron chi connectivity index (χ1n) is 14.3. The summed E-state index contributed by atoms with van der Waals surface area (Å²) < 4.78 is 9.72. The summed E-state index contributed by atoms with van der Waals surface area (Å²) in [5.74, 6) is 0. The monoisotopic (exact) mass is 644 g/mol. The van der Waals surface area contributed by atoms with E-state index < -0.39 is 0 Å². The van der Waals surface area contributed by atoms with Crippen molar-refractivity contribution >= 4 is 12.2 Å². The summed E-state index contributed by atoms with van der Waals surface area (Å²) in [7, 11) is 0.436. The molecule has 1 heterocycles. The van der Waals surface area contributed by atoms with Gasteiger partial charge in [0.1, 0.15) is 0 Å². The summed E-state index contributed by atoms with van der Waals surface area (Å²) in [4.78, 5) is 0. The van der Waals surface area contributed by atoms with Gasteiger partial charge in [0, 0.05) is 0 Å². The normalized spacial score (nSPS) is 19.2. The predicted octanol–water partition coefficient (Wildman–Crippen LogP) is 3.37. The Hall–Kier alpha value is 0.493. The standard InChI is InChI=1S/C15H27P.C9H16N2.C6H10.2ClH.Ru/c1-2-8-13(7-1)16(14-9-3-4-10-14)15-11-5-6-12-15;1-8(2)10-5-6-11(7-10)9(3)4;1-5-6(2,3)4;;;/h13-15H,1-12H2;5-6,8-9H,1-4H3;5H,2-4H3;2*1H;/q;;;;;+2/p-2. The Labute approximate surface area is 243 Å². The Morgan fingerprint density at radius 3 is 1.36 bits per heavy atom. The van der Waals surface area contributed by atoms with Crippen molar-refractivity contribution in [2.75, 3.05) is 0 Å². The summed E-state index contributed by atoms with van der Waals surface area (Å²) in [5, 5.41) is 0. The third-order valence-corrected chi connectivity index (χ3v) is 13.6. The minimum absolute atomic E-state index is 0. The number of halogens is 2. The Kier molecular flexibility index (Phi) is 15.9. The third kappa shape index (κ3) is 10.2. The van der Waals surface area contributed by atoms with Crippen molar-refractivity contribution in [2.45, 2.75) is 155 Å². The van der Waals surface area contributed by atoms with Crippen LogP contribution in [-0.2, 0) is 16.2 Å². The van der Waals surface area contributed by atoms with Crippen molar-refractivity contribution in [1.82, 2.24) is 9.13 Å². The third-order valence-electron chi connectivity index (χ3n) is 7.77. The van der Waals surface area contributed by atoms with Crippen molar-refractivity contribution in [2.24, 2.45) is 5.41 Å². The van der Waals surface area contributed by atoms with Gasteiger partial charge in [0.15, 0.2) is 0 Å². The quantitative estimate of drug-likeness (QED) is 0.344. The van der Waals surface area contributed by atoms with Gasteiger partial charge in [0.05, 0.1) is 0 Å². The molecular formula is C30H53Cl2N2PRu. The van der Waals surface area contributed by atoms with Crippen molar-refractivity contribution in [1.29, 1.82) is 0 Å². The number of nitrogens with zero attached hydrogens (tertiary/aromatic N) is 2. The SMILES string of the molecule is C1CCC(P(C2CCCC2)C2CCCC2)C1.CC(C)n1ccn(C(C)C)[c]1=[Ru+2]=[C]=CC(C)(C)C.[Cl-].[Cl-]. The van der Waals surface area contributed by atoms with E-state index in [9.17, 15) is 0 Å². The molecule has 3 fully saturated rings. The minimum Gasteiger partial charge on any atom is -1.00 e. The number of imidazole rings is 1. The van der Waals surface area contributed by atoms with E-state index in [4.69, 9.17) is 0 Å². The van der Waals surface area contributed by atoms with E-state index in [2.05, 4.69) is 80.3 Å². The molecular weight excluding hydrogens is 591 g/mol. The number of aromatic nitrogens is 2. The van der Waals surface area contributed by atoms with E-state index in [1.807, 2.05) is 0 Å². The summed E-state index contributed by atoms with van der Waals surface area (Å²) in [6, 6.07) is 1.04. The maximum Gasteiger partial charge on any atom is -1.00 e. The molecule has 1 aromatic heterocycles. The van der Waals surface area contributed by atoms with E-state index in [1.54, 1.807) is 77.0 Å². The molecule has 0 unspecified atom stereocenters. The second kappa shape index (κ2) is 16.6. The van der Waals surface area contributed by atoms with Gasteiger partial charge >= 0.3 is 118 Å². The van der Waals surface area contributed by atoms with Gasteiger partial charge in [0.2, 0.25) is 0 Å². The molecule has 3 aliphatic rings. The molecule has 0 aromatic carbocycles. The molecule has 4 rings (SSSR count). The average molecular weight is 645 g/mol. The Balaban J connectivity index is 0.000000342. The van der Waals surface area contributed by atoms with Crippen LogP contribution in [0.2, 0.25) is 0 Å². The van der Waals surface area contributed by atoms with E-state index >= 15 is 0 Å². The first-order chi connectivity index (χ1) is 16.2. The smallest absolute Gasteiger partial charge is 1.00 e. The Bertz CT molecular complexity index is 816. The average Bonchev–Trinajstić information content (AvgIpc) is 3.56. The fraction of sp³-hybridized carbons (Fsp3) is 0.833. The van der Waals surface area contributed by atoms with Crippen LogP contribution >= 0.6 is 7.92 Å². The number of hydrogen-bond acceptors (Lipinski definition) is 0. The van der Waals surface area contributed by atoms with E-state index in [1.165, 1.54) is 21.0 Å². The molecule has 6 heteroatoms. The van der Waals surface area contributed by atoms with Crippen molar-refractivity contribution in [3.63, 3.8) is 0 Å². The summed E-state index contributed by atoms with van der Waals surface area (Å²) in [6.07, 6.45) is 25.6. The van der Waals surface area contributed by atoms with Gasteiger partial charge in [-0.25, -0.2) is 0 Å². The van der Waals surface area contributed by atoms with Crippen LogP contribution in [0.5, 0.6) is 0 Å². The van der Waals surface area contributed by atoms with Gasteiger partial charge in [0.25, 0.3) is 0 Å². The van der Waals surface area contributed by atoms with Gasteiger partial charge in [-0.1, -0.05) is 46.4 Å². The first kappa shape index (κ1) is 34.5. The van der Waals surface area contributed by atoms with Crippen molar-refractivity contribution in [3.05, 3.63) is 22.5 Å². The van der Waals surface area contributed by atoms with Crippen LogP contribution in [0.1, 0.15) is 138 Å². The van der Waals surface area contributed by atoms with E-state index in [0.29, 0.717) is 20.0 Å². The van der Waals surface area contributed by atoms with E-state index in [-0.39, 0.29) is 46.5 Å². The molecule has 1 aromatic rings. The molecule has 0 radical (unpaired) electrons. The summed E-state index contributed by atoms with van der Waals surface area (Å²) in [6.45, 7) is 15.6. The molecule has 0 bridgehead atoms. The zero-order valence-electron chi connectivity index (χ0n) is 24.1. The molecule has 0 atom stereocenters. The second-order valence-electron chi connectivity index (χ2n) is 12.5. The molecule has 3 aliphatic carbocycles. The summed E-state index contributed by atoms with van der Waals surface area (Å²) >= 11 is 0.00233. The largest absolute Gasteiger partial charge is 1.00 e. The molecule has 210 valence electrons. The molecule has 0 saturated heterocycles. The van der Waals surface area contributed by atoms with Crippen LogP contribution in [0.4, 0.5) is 0 Å². The molecule has 0 spiro atoms. The van der Waals surface area contributed by atoms with Crippen LogP contribution in [0.15, 0.2) is 18.5 Å². The molecule has 3 saturated carbocycles. The van der Waals surface area contributed by atoms with Crippen LogP contribution in [0.3, 0.4) is 0 Å².